The minimum absolute atomic E-state index is 0.193. The van der Waals surface area contributed by atoms with Gasteiger partial charge in [-0.2, -0.15) is 0 Å². The fourth-order valence-corrected chi connectivity index (χ4v) is 4.02. The Labute approximate surface area is 141 Å². The third-order valence-electron chi connectivity index (χ3n) is 2.44. The third kappa shape index (κ3) is 7.11. The lowest BCUT2D eigenvalue weighted by Gasteiger charge is -2.20. The highest BCUT2D eigenvalue weighted by Crippen LogP contribution is 2.36. The monoisotopic (exact) mass is 455 g/mol. The first-order valence-corrected chi connectivity index (χ1v) is 8.70. The summed E-state index contributed by atoms with van der Waals surface area (Å²) in [6.45, 7) is 8.29. The van der Waals surface area contributed by atoms with Crippen LogP contribution < -0.4 is 10.1 Å². The summed E-state index contributed by atoms with van der Waals surface area (Å²) in [6, 6.07) is 3.97. The number of halogens is 3. The van der Waals surface area contributed by atoms with Gasteiger partial charge >= 0.3 is 0 Å². The molecule has 0 aromatic heterocycles. The van der Waals surface area contributed by atoms with Gasteiger partial charge in [0.05, 0.1) is 15.6 Å². The van der Waals surface area contributed by atoms with Crippen molar-refractivity contribution in [2.24, 2.45) is 0 Å². The first-order valence-electron chi connectivity index (χ1n) is 6.32. The standard InChI is InChI=1S/C14H20Br3NO/c1-14(2,3)18-6-4-5-7-19-13-11(16)8-10(15)9-12(13)17/h8-9,18H,4-7H2,1-3H3. The molecule has 1 aromatic rings. The molecular weight excluding hydrogens is 438 g/mol. The fraction of sp³-hybridized carbons (Fsp3) is 0.571. The van der Waals surface area contributed by atoms with Crippen LogP contribution in [0.4, 0.5) is 0 Å². The van der Waals surface area contributed by atoms with E-state index in [1.54, 1.807) is 0 Å². The van der Waals surface area contributed by atoms with Crippen molar-refractivity contribution in [3.05, 3.63) is 25.6 Å². The quantitative estimate of drug-likeness (QED) is 0.568. The molecule has 0 spiro atoms. The van der Waals surface area contributed by atoms with Crippen LogP contribution in [0.2, 0.25) is 0 Å². The van der Waals surface area contributed by atoms with Crippen molar-refractivity contribution < 1.29 is 4.74 Å². The molecule has 108 valence electrons. The third-order valence-corrected chi connectivity index (χ3v) is 4.07. The topological polar surface area (TPSA) is 21.3 Å². The van der Waals surface area contributed by atoms with E-state index in [0.29, 0.717) is 0 Å². The molecule has 0 heterocycles. The highest BCUT2D eigenvalue weighted by Gasteiger charge is 2.09. The highest BCUT2D eigenvalue weighted by atomic mass is 79.9. The van der Waals surface area contributed by atoms with Crippen molar-refractivity contribution in [3.63, 3.8) is 0 Å². The maximum absolute atomic E-state index is 5.81. The summed E-state index contributed by atoms with van der Waals surface area (Å²) < 4.78 is 8.75. The van der Waals surface area contributed by atoms with Crippen molar-refractivity contribution in [1.29, 1.82) is 0 Å². The first-order chi connectivity index (χ1) is 8.79. The molecule has 1 N–H and O–H groups in total. The molecule has 5 heteroatoms. The molecule has 0 aliphatic carbocycles. The van der Waals surface area contributed by atoms with Crippen LogP contribution in [0.3, 0.4) is 0 Å². The maximum Gasteiger partial charge on any atom is 0.147 e. The summed E-state index contributed by atoms with van der Waals surface area (Å²) >= 11 is 10.5. The maximum atomic E-state index is 5.81. The summed E-state index contributed by atoms with van der Waals surface area (Å²) in [7, 11) is 0. The van der Waals surface area contributed by atoms with E-state index in [4.69, 9.17) is 4.74 Å². The van der Waals surface area contributed by atoms with Crippen molar-refractivity contribution in [2.75, 3.05) is 13.2 Å². The van der Waals surface area contributed by atoms with E-state index in [2.05, 4.69) is 73.9 Å². The van der Waals surface area contributed by atoms with Crippen LogP contribution in [0.15, 0.2) is 25.6 Å². The SMILES string of the molecule is CC(C)(C)NCCCCOc1c(Br)cc(Br)cc1Br. The van der Waals surface area contributed by atoms with Crippen LogP contribution >= 0.6 is 47.8 Å². The summed E-state index contributed by atoms with van der Waals surface area (Å²) in [5.41, 5.74) is 0.193. The molecule has 0 saturated heterocycles. The van der Waals surface area contributed by atoms with Crippen molar-refractivity contribution in [1.82, 2.24) is 5.32 Å². The van der Waals surface area contributed by atoms with Crippen LogP contribution in [-0.4, -0.2) is 18.7 Å². The van der Waals surface area contributed by atoms with Crippen molar-refractivity contribution in [3.8, 4) is 5.75 Å². The number of hydrogen-bond acceptors (Lipinski definition) is 2. The minimum atomic E-state index is 0.193. The van der Waals surface area contributed by atoms with Gasteiger partial charge < -0.3 is 10.1 Å². The van der Waals surface area contributed by atoms with Crippen molar-refractivity contribution in [2.45, 2.75) is 39.2 Å². The predicted octanol–water partition coefficient (Wildman–Crippen LogP) is 5.52. The van der Waals surface area contributed by atoms with Crippen LogP contribution in [0.25, 0.3) is 0 Å². The first kappa shape index (κ1) is 17.5. The van der Waals surface area contributed by atoms with Crippen LogP contribution in [-0.2, 0) is 0 Å². The number of hydrogen-bond donors (Lipinski definition) is 1. The summed E-state index contributed by atoms with van der Waals surface area (Å²) in [5, 5.41) is 3.47. The second-order valence-corrected chi connectivity index (χ2v) is 8.06. The molecule has 0 atom stereocenters. The molecule has 0 saturated carbocycles. The Bertz CT molecular complexity index is 393. The molecule has 19 heavy (non-hydrogen) atoms. The van der Waals surface area contributed by atoms with Gasteiger partial charge in [0.25, 0.3) is 0 Å². The van der Waals surface area contributed by atoms with E-state index in [1.165, 1.54) is 0 Å². The largest absolute Gasteiger partial charge is 0.491 e. The zero-order valence-corrected chi connectivity index (χ0v) is 16.3. The average molecular weight is 458 g/mol. The lowest BCUT2D eigenvalue weighted by molar-refractivity contribution is 0.298. The molecule has 0 fully saturated rings. The van der Waals surface area contributed by atoms with Gasteiger partial charge in [-0.05, 0) is 84.2 Å². The Morgan fingerprint density at radius 2 is 1.63 bits per heavy atom. The summed E-state index contributed by atoms with van der Waals surface area (Å²) in [4.78, 5) is 0. The number of ether oxygens (including phenoxy) is 1. The molecule has 0 unspecified atom stereocenters. The van der Waals surface area contributed by atoms with E-state index in [9.17, 15) is 0 Å². The molecular formula is C14H20Br3NO. The minimum Gasteiger partial charge on any atom is -0.491 e. The van der Waals surface area contributed by atoms with E-state index in [1.807, 2.05) is 12.1 Å². The molecule has 0 radical (unpaired) electrons. The van der Waals surface area contributed by atoms with Crippen LogP contribution in [0.5, 0.6) is 5.75 Å². The molecule has 2 nitrogen and oxygen atoms in total. The number of nitrogens with one attached hydrogen (secondary N) is 1. The fourth-order valence-electron chi connectivity index (χ4n) is 1.53. The van der Waals surface area contributed by atoms with E-state index < -0.39 is 0 Å². The predicted molar refractivity (Wildman–Crippen MR) is 92.0 cm³/mol. The second kappa shape index (κ2) is 8.01. The van der Waals surface area contributed by atoms with Gasteiger partial charge in [-0.15, -0.1) is 0 Å². The number of rotatable bonds is 6. The lowest BCUT2D eigenvalue weighted by Crippen LogP contribution is -2.36. The summed E-state index contributed by atoms with van der Waals surface area (Å²) in [5.74, 6) is 0.868. The normalized spacial score (nSPS) is 11.7. The van der Waals surface area contributed by atoms with Gasteiger partial charge in [0.2, 0.25) is 0 Å². The smallest absolute Gasteiger partial charge is 0.147 e. The van der Waals surface area contributed by atoms with Gasteiger partial charge in [0, 0.05) is 10.0 Å². The Balaban J connectivity index is 2.30. The van der Waals surface area contributed by atoms with Gasteiger partial charge in [-0.1, -0.05) is 15.9 Å². The molecule has 0 aliphatic heterocycles. The molecule has 0 aliphatic rings. The molecule has 0 amide bonds. The zero-order chi connectivity index (χ0) is 14.5. The van der Waals surface area contributed by atoms with Crippen LogP contribution in [0.1, 0.15) is 33.6 Å². The highest BCUT2D eigenvalue weighted by molar-refractivity contribution is 9.11. The second-order valence-electron chi connectivity index (χ2n) is 5.43. The molecule has 1 aromatic carbocycles. The van der Waals surface area contributed by atoms with E-state index in [-0.39, 0.29) is 5.54 Å². The lowest BCUT2D eigenvalue weighted by atomic mass is 10.1. The van der Waals surface area contributed by atoms with Gasteiger partial charge in [0.1, 0.15) is 5.75 Å². The van der Waals surface area contributed by atoms with Gasteiger partial charge in [-0.3, -0.25) is 0 Å². The molecule has 0 bridgehead atoms. The Morgan fingerprint density at radius 1 is 1.05 bits per heavy atom. The van der Waals surface area contributed by atoms with E-state index >= 15 is 0 Å². The summed E-state index contributed by atoms with van der Waals surface area (Å²) in [6.07, 6.45) is 2.15. The molecule has 1 rings (SSSR count). The average Bonchev–Trinajstić information content (AvgIpc) is 2.24. The number of benzene rings is 1. The van der Waals surface area contributed by atoms with Gasteiger partial charge in [-0.25, -0.2) is 0 Å². The Kier molecular flexibility index (Phi) is 7.36. The Hall–Kier alpha value is 0.420. The number of unbranched alkanes of at least 4 members (excludes halogenated alkanes) is 1. The van der Waals surface area contributed by atoms with E-state index in [0.717, 1.165) is 45.2 Å². The van der Waals surface area contributed by atoms with Gasteiger partial charge in [0.15, 0.2) is 0 Å². The Morgan fingerprint density at radius 3 is 2.16 bits per heavy atom. The van der Waals surface area contributed by atoms with Crippen LogP contribution in [0, 0.1) is 0 Å². The zero-order valence-electron chi connectivity index (χ0n) is 11.5. The van der Waals surface area contributed by atoms with Crippen molar-refractivity contribution >= 4 is 47.8 Å².